The summed E-state index contributed by atoms with van der Waals surface area (Å²) in [6, 6.07) is 18.0. The summed E-state index contributed by atoms with van der Waals surface area (Å²) in [6.45, 7) is 1.95. The van der Waals surface area contributed by atoms with Gasteiger partial charge in [-0.1, -0.05) is 49.4 Å². The monoisotopic (exact) mass is 254 g/mol. The average Bonchev–Trinajstić information content (AvgIpc) is 2.46. The maximum atomic E-state index is 7.43. The van der Waals surface area contributed by atoms with Crippen molar-refractivity contribution in [1.82, 2.24) is 0 Å². The number of ether oxygens (including phenoxy) is 1. The lowest BCUT2D eigenvalue weighted by Crippen LogP contribution is -2.32. The summed E-state index contributed by atoms with van der Waals surface area (Å²) in [5.74, 6) is 0.802. The number of nitrogens with one attached hydrogen (secondary N) is 1. The van der Waals surface area contributed by atoms with Crippen molar-refractivity contribution in [2.45, 2.75) is 19.4 Å². The first-order valence-corrected chi connectivity index (χ1v) is 6.36. The first-order chi connectivity index (χ1) is 9.20. The van der Waals surface area contributed by atoms with E-state index in [2.05, 4.69) is 12.1 Å². The van der Waals surface area contributed by atoms with E-state index in [-0.39, 0.29) is 11.9 Å². The molecule has 0 bridgehead atoms. The normalized spacial score (nSPS) is 11.8. The maximum absolute atomic E-state index is 7.43. The molecule has 0 radical (unpaired) electrons. The standard InChI is InChI=1S/C16H18N2O/c1-2-15(16(17)18)19-14-10-8-13(9-11-14)12-6-4-3-5-7-12/h3-11,15H,2H2,1H3,(H3,17,18). The van der Waals surface area contributed by atoms with E-state index in [0.29, 0.717) is 6.42 Å². The third-order valence-corrected chi connectivity index (χ3v) is 2.96. The largest absolute Gasteiger partial charge is 0.483 e. The lowest BCUT2D eigenvalue weighted by molar-refractivity contribution is 0.260. The van der Waals surface area contributed by atoms with Gasteiger partial charge in [0.15, 0.2) is 6.10 Å². The first-order valence-electron chi connectivity index (χ1n) is 6.36. The predicted molar refractivity (Wildman–Crippen MR) is 78.5 cm³/mol. The fraction of sp³-hybridized carbons (Fsp3) is 0.188. The van der Waals surface area contributed by atoms with Crippen LogP contribution in [0.1, 0.15) is 13.3 Å². The van der Waals surface area contributed by atoms with E-state index in [4.69, 9.17) is 15.9 Å². The summed E-state index contributed by atoms with van der Waals surface area (Å²) >= 11 is 0. The highest BCUT2D eigenvalue weighted by Gasteiger charge is 2.11. The van der Waals surface area contributed by atoms with Crippen LogP contribution in [0.2, 0.25) is 0 Å². The topological polar surface area (TPSA) is 59.1 Å². The molecule has 3 nitrogen and oxygen atoms in total. The van der Waals surface area contributed by atoms with Crippen LogP contribution in [-0.2, 0) is 0 Å². The molecule has 19 heavy (non-hydrogen) atoms. The van der Waals surface area contributed by atoms with Crippen molar-refractivity contribution >= 4 is 5.84 Å². The Bertz CT molecular complexity index is 534. The number of rotatable bonds is 5. The SMILES string of the molecule is CCC(Oc1ccc(-c2ccccc2)cc1)C(=N)N. The van der Waals surface area contributed by atoms with Crippen molar-refractivity contribution in [3.05, 3.63) is 54.6 Å². The summed E-state index contributed by atoms with van der Waals surface area (Å²) in [5.41, 5.74) is 7.79. The van der Waals surface area contributed by atoms with Crippen LogP contribution in [0.15, 0.2) is 54.6 Å². The zero-order chi connectivity index (χ0) is 13.7. The second-order valence-electron chi connectivity index (χ2n) is 4.36. The summed E-state index contributed by atoms with van der Waals surface area (Å²) < 4.78 is 5.67. The predicted octanol–water partition coefficient (Wildman–Crippen LogP) is 3.45. The molecule has 1 unspecified atom stereocenters. The van der Waals surface area contributed by atoms with Gasteiger partial charge >= 0.3 is 0 Å². The Morgan fingerprint density at radius 1 is 1.05 bits per heavy atom. The number of benzene rings is 2. The molecular weight excluding hydrogens is 236 g/mol. The highest BCUT2D eigenvalue weighted by Crippen LogP contribution is 2.22. The molecule has 0 saturated carbocycles. The van der Waals surface area contributed by atoms with Gasteiger partial charge in [-0.3, -0.25) is 5.41 Å². The Labute approximate surface area is 113 Å². The van der Waals surface area contributed by atoms with Gasteiger partial charge in [-0.2, -0.15) is 0 Å². The van der Waals surface area contributed by atoms with Crippen molar-refractivity contribution in [1.29, 1.82) is 5.41 Å². The van der Waals surface area contributed by atoms with Crippen LogP contribution in [0.25, 0.3) is 11.1 Å². The molecule has 0 aliphatic rings. The smallest absolute Gasteiger partial charge is 0.155 e. The van der Waals surface area contributed by atoms with Crippen LogP contribution < -0.4 is 10.5 Å². The molecule has 0 amide bonds. The third-order valence-electron chi connectivity index (χ3n) is 2.96. The lowest BCUT2D eigenvalue weighted by Gasteiger charge is -2.16. The highest BCUT2D eigenvalue weighted by atomic mass is 16.5. The van der Waals surface area contributed by atoms with E-state index in [0.717, 1.165) is 11.3 Å². The van der Waals surface area contributed by atoms with Crippen LogP contribution in [0.3, 0.4) is 0 Å². The minimum Gasteiger partial charge on any atom is -0.483 e. The quantitative estimate of drug-likeness (QED) is 0.634. The third kappa shape index (κ3) is 3.35. The number of hydrogen-bond donors (Lipinski definition) is 2. The molecule has 0 spiro atoms. The highest BCUT2D eigenvalue weighted by molar-refractivity contribution is 5.82. The molecule has 2 aromatic carbocycles. The molecule has 0 aliphatic carbocycles. The summed E-state index contributed by atoms with van der Waals surface area (Å²) in [6.07, 6.45) is 0.345. The minimum absolute atomic E-state index is 0.0645. The fourth-order valence-electron chi connectivity index (χ4n) is 1.89. The molecule has 0 aliphatic heterocycles. The van der Waals surface area contributed by atoms with E-state index in [1.807, 2.05) is 49.4 Å². The summed E-state index contributed by atoms with van der Waals surface area (Å²) in [7, 11) is 0. The van der Waals surface area contributed by atoms with Gasteiger partial charge in [0.25, 0.3) is 0 Å². The van der Waals surface area contributed by atoms with E-state index in [1.165, 1.54) is 5.56 Å². The fourth-order valence-corrected chi connectivity index (χ4v) is 1.89. The van der Waals surface area contributed by atoms with Crippen molar-refractivity contribution in [2.24, 2.45) is 5.73 Å². The van der Waals surface area contributed by atoms with Gasteiger partial charge in [0.05, 0.1) is 0 Å². The molecule has 2 rings (SSSR count). The zero-order valence-corrected chi connectivity index (χ0v) is 11.0. The second kappa shape index (κ2) is 6.05. The van der Waals surface area contributed by atoms with Crippen LogP contribution in [0, 0.1) is 5.41 Å². The Morgan fingerprint density at radius 3 is 2.16 bits per heavy atom. The van der Waals surface area contributed by atoms with Gasteiger partial charge in [-0.25, -0.2) is 0 Å². The molecule has 0 fully saturated rings. The van der Waals surface area contributed by atoms with Crippen molar-refractivity contribution < 1.29 is 4.74 Å². The number of nitrogens with two attached hydrogens (primary N) is 1. The Morgan fingerprint density at radius 2 is 1.63 bits per heavy atom. The molecule has 1 atom stereocenters. The maximum Gasteiger partial charge on any atom is 0.155 e. The van der Waals surface area contributed by atoms with Crippen LogP contribution in [0.5, 0.6) is 5.75 Å². The van der Waals surface area contributed by atoms with Crippen molar-refractivity contribution in [2.75, 3.05) is 0 Å². The van der Waals surface area contributed by atoms with Gasteiger partial charge in [-0.05, 0) is 29.7 Å². The Kier molecular flexibility index (Phi) is 4.18. The molecule has 2 aromatic rings. The molecule has 0 saturated heterocycles. The Balaban J connectivity index is 2.13. The van der Waals surface area contributed by atoms with E-state index in [9.17, 15) is 0 Å². The molecule has 0 heterocycles. The Hall–Kier alpha value is -2.29. The van der Waals surface area contributed by atoms with E-state index in [1.54, 1.807) is 0 Å². The van der Waals surface area contributed by atoms with Crippen LogP contribution >= 0.6 is 0 Å². The molecule has 98 valence electrons. The minimum atomic E-state index is -0.345. The molecule has 3 N–H and O–H groups in total. The first kappa shape index (κ1) is 13.1. The van der Waals surface area contributed by atoms with Gasteiger partial charge in [0.1, 0.15) is 11.6 Å². The second-order valence-corrected chi connectivity index (χ2v) is 4.36. The molecule has 3 heteroatoms. The van der Waals surface area contributed by atoms with Crippen LogP contribution in [0.4, 0.5) is 0 Å². The zero-order valence-electron chi connectivity index (χ0n) is 11.0. The van der Waals surface area contributed by atoms with E-state index >= 15 is 0 Å². The van der Waals surface area contributed by atoms with E-state index < -0.39 is 0 Å². The lowest BCUT2D eigenvalue weighted by atomic mass is 10.1. The van der Waals surface area contributed by atoms with Gasteiger partial charge < -0.3 is 10.5 Å². The summed E-state index contributed by atoms with van der Waals surface area (Å²) in [4.78, 5) is 0. The molecular formula is C16H18N2O. The number of amidine groups is 1. The summed E-state index contributed by atoms with van der Waals surface area (Å²) in [5, 5.41) is 7.43. The average molecular weight is 254 g/mol. The number of hydrogen-bond acceptors (Lipinski definition) is 2. The van der Waals surface area contributed by atoms with Gasteiger partial charge in [-0.15, -0.1) is 0 Å². The van der Waals surface area contributed by atoms with Crippen molar-refractivity contribution in [3.63, 3.8) is 0 Å². The van der Waals surface area contributed by atoms with Crippen LogP contribution in [-0.4, -0.2) is 11.9 Å². The molecule has 0 aromatic heterocycles. The van der Waals surface area contributed by atoms with Gasteiger partial charge in [0.2, 0.25) is 0 Å². The van der Waals surface area contributed by atoms with Crippen molar-refractivity contribution in [3.8, 4) is 16.9 Å². The van der Waals surface area contributed by atoms with Gasteiger partial charge in [0, 0.05) is 0 Å².